The third kappa shape index (κ3) is 4.96. The highest BCUT2D eigenvalue weighted by Crippen LogP contribution is 2.26. The van der Waals surface area contributed by atoms with Crippen LogP contribution < -0.4 is 15.9 Å². The number of hydrogen-bond donors (Lipinski definition) is 3. The van der Waals surface area contributed by atoms with Crippen molar-refractivity contribution in [1.82, 2.24) is 0 Å². The van der Waals surface area contributed by atoms with Gasteiger partial charge in [0.2, 0.25) is 5.71 Å². The number of anilines is 1. The van der Waals surface area contributed by atoms with Gasteiger partial charge in [-0.1, -0.05) is 54.6 Å². The Morgan fingerprint density at radius 1 is 1.00 bits per heavy atom. The van der Waals surface area contributed by atoms with Crippen molar-refractivity contribution in [2.75, 3.05) is 5.43 Å². The summed E-state index contributed by atoms with van der Waals surface area (Å²) in [6.45, 7) is 0.503. The fourth-order valence-electron chi connectivity index (χ4n) is 2.54. The number of nitrogens with two attached hydrogens (primary N) is 1. The zero-order chi connectivity index (χ0) is 19.8. The number of ether oxygens (including phenoxy) is 1. The third-order valence-electron chi connectivity index (χ3n) is 3.94. The molecule has 0 saturated carbocycles. The molecule has 3 aromatic rings. The Morgan fingerprint density at radius 2 is 1.71 bits per heavy atom. The number of nitrogens with one attached hydrogen (secondary N) is 2. The van der Waals surface area contributed by atoms with Gasteiger partial charge in [-0.25, -0.2) is 0 Å². The monoisotopic (exact) mass is 369 g/mol. The Hall–Kier alpha value is -4.11. The van der Waals surface area contributed by atoms with Crippen LogP contribution in [0, 0.1) is 16.7 Å². The van der Waals surface area contributed by atoms with Crippen LogP contribution in [0.25, 0.3) is 11.1 Å². The highest BCUT2D eigenvalue weighted by atomic mass is 16.5. The number of nitriles is 1. The molecule has 0 heterocycles. The van der Waals surface area contributed by atoms with Crippen molar-refractivity contribution < 1.29 is 4.74 Å². The second kappa shape index (κ2) is 9.01. The van der Waals surface area contributed by atoms with Crippen molar-refractivity contribution in [3.8, 4) is 22.9 Å². The fourth-order valence-corrected chi connectivity index (χ4v) is 2.54. The van der Waals surface area contributed by atoms with Crippen LogP contribution in [0.5, 0.6) is 5.75 Å². The molecule has 0 aromatic heterocycles. The number of benzene rings is 3. The van der Waals surface area contributed by atoms with E-state index >= 15 is 0 Å². The van der Waals surface area contributed by atoms with Gasteiger partial charge < -0.3 is 10.5 Å². The number of hydrazone groups is 1. The van der Waals surface area contributed by atoms with Gasteiger partial charge in [0, 0.05) is 0 Å². The maximum Gasteiger partial charge on any atom is 0.201 e. The molecule has 28 heavy (non-hydrogen) atoms. The van der Waals surface area contributed by atoms with E-state index in [0.717, 1.165) is 22.4 Å². The molecule has 6 nitrogen and oxygen atoms in total. The van der Waals surface area contributed by atoms with E-state index < -0.39 is 0 Å². The smallest absolute Gasteiger partial charge is 0.201 e. The normalized spacial score (nSPS) is 10.8. The van der Waals surface area contributed by atoms with Crippen LogP contribution in [0.15, 0.2) is 84.0 Å². The lowest BCUT2D eigenvalue weighted by atomic mass is 10.0. The second-order valence-corrected chi connectivity index (χ2v) is 5.98. The van der Waals surface area contributed by atoms with Crippen molar-refractivity contribution in [2.24, 2.45) is 10.8 Å². The van der Waals surface area contributed by atoms with Crippen LogP contribution in [0.3, 0.4) is 0 Å². The van der Waals surface area contributed by atoms with E-state index in [2.05, 4.69) is 10.5 Å². The van der Waals surface area contributed by atoms with Crippen LogP contribution >= 0.6 is 0 Å². The van der Waals surface area contributed by atoms with Gasteiger partial charge in [0.15, 0.2) is 5.84 Å². The molecule has 0 aliphatic carbocycles. The van der Waals surface area contributed by atoms with E-state index in [1.165, 1.54) is 0 Å². The number of amidine groups is 1. The quantitative estimate of drug-likeness (QED) is 0.330. The molecule has 0 spiro atoms. The summed E-state index contributed by atoms with van der Waals surface area (Å²) < 4.78 is 5.89. The Morgan fingerprint density at radius 3 is 2.43 bits per heavy atom. The summed E-state index contributed by atoms with van der Waals surface area (Å²) in [6, 6.07) is 27.2. The van der Waals surface area contributed by atoms with E-state index in [1.807, 2.05) is 78.9 Å². The van der Waals surface area contributed by atoms with Crippen LogP contribution in [0.4, 0.5) is 5.69 Å². The van der Waals surface area contributed by atoms with Crippen molar-refractivity contribution in [3.63, 3.8) is 0 Å². The van der Waals surface area contributed by atoms with Crippen LogP contribution in [0.2, 0.25) is 0 Å². The summed E-state index contributed by atoms with van der Waals surface area (Å²) in [7, 11) is 0. The fraction of sp³-hybridized carbons (Fsp3) is 0.0455. The van der Waals surface area contributed by atoms with E-state index in [-0.39, 0.29) is 11.5 Å². The van der Waals surface area contributed by atoms with Gasteiger partial charge in [-0.15, -0.1) is 0 Å². The summed E-state index contributed by atoms with van der Waals surface area (Å²) in [5, 5.41) is 20.1. The third-order valence-corrected chi connectivity index (χ3v) is 3.94. The maximum atomic E-state index is 8.91. The maximum absolute atomic E-state index is 8.91. The topological polar surface area (TPSA) is 107 Å². The standard InChI is InChI=1S/C22H19N5O/c23-14-21(22(24)25)27-26-19-10-4-8-17(12-19)18-9-5-11-20(13-18)28-15-16-6-2-1-3-7-16/h1-13,26H,15H2,(H3,24,25)/b27-21+. The molecule has 4 N–H and O–H groups in total. The molecule has 3 rings (SSSR count). The molecule has 0 amide bonds. The summed E-state index contributed by atoms with van der Waals surface area (Å²) in [5.41, 5.74) is 11.6. The van der Waals surface area contributed by atoms with Crippen molar-refractivity contribution in [2.45, 2.75) is 6.61 Å². The largest absolute Gasteiger partial charge is 0.489 e. The molecule has 0 saturated heterocycles. The first-order valence-electron chi connectivity index (χ1n) is 8.61. The van der Waals surface area contributed by atoms with Gasteiger partial charge in [-0.05, 0) is 41.0 Å². The molecule has 0 radical (unpaired) electrons. The van der Waals surface area contributed by atoms with Gasteiger partial charge in [-0.2, -0.15) is 10.4 Å². The van der Waals surface area contributed by atoms with Crippen molar-refractivity contribution >= 4 is 17.2 Å². The molecular weight excluding hydrogens is 350 g/mol. The van der Waals surface area contributed by atoms with Gasteiger partial charge in [0.25, 0.3) is 0 Å². The van der Waals surface area contributed by atoms with E-state index in [0.29, 0.717) is 12.3 Å². The average molecular weight is 369 g/mol. The lowest BCUT2D eigenvalue weighted by Crippen LogP contribution is -2.21. The molecule has 0 bridgehead atoms. The van der Waals surface area contributed by atoms with E-state index in [9.17, 15) is 0 Å². The average Bonchev–Trinajstić information content (AvgIpc) is 2.74. The lowest BCUT2D eigenvalue weighted by Gasteiger charge is -2.09. The molecule has 0 unspecified atom stereocenters. The predicted octanol–water partition coefficient (Wildman–Crippen LogP) is 4.16. The zero-order valence-electron chi connectivity index (χ0n) is 15.1. The number of hydrogen-bond acceptors (Lipinski definition) is 5. The first kappa shape index (κ1) is 18.7. The summed E-state index contributed by atoms with van der Waals surface area (Å²) >= 11 is 0. The molecule has 0 aliphatic rings. The molecule has 138 valence electrons. The van der Waals surface area contributed by atoms with Gasteiger partial charge in [0.05, 0.1) is 5.69 Å². The summed E-state index contributed by atoms with van der Waals surface area (Å²) in [5.74, 6) is 0.399. The predicted molar refractivity (Wildman–Crippen MR) is 111 cm³/mol. The molecule has 0 atom stereocenters. The zero-order valence-corrected chi connectivity index (χ0v) is 15.1. The minimum Gasteiger partial charge on any atom is -0.489 e. The van der Waals surface area contributed by atoms with Gasteiger partial charge >= 0.3 is 0 Å². The minimum absolute atomic E-state index is 0.165. The Balaban J connectivity index is 1.75. The Bertz CT molecular complexity index is 1040. The minimum atomic E-state index is -0.380. The van der Waals surface area contributed by atoms with Gasteiger partial charge in [0.1, 0.15) is 18.4 Å². The Labute approximate surface area is 163 Å². The molecule has 3 aromatic carbocycles. The SMILES string of the molecule is N#C/C(=N\Nc1cccc(-c2cccc(OCc3ccccc3)c2)c1)C(=N)N. The highest BCUT2D eigenvalue weighted by molar-refractivity contribution is 6.45. The molecule has 0 aliphatic heterocycles. The van der Waals surface area contributed by atoms with Crippen LogP contribution in [0.1, 0.15) is 5.56 Å². The number of nitrogens with zero attached hydrogens (tertiary/aromatic N) is 2. The first-order valence-corrected chi connectivity index (χ1v) is 8.61. The van der Waals surface area contributed by atoms with E-state index in [4.69, 9.17) is 21.1 Å². The van der Waals surface area contributed by atoms with Gasteiger partial charge in [-0.3, -0.25) is 10.8 Å². The lowest BCUT2D eigenvalue weighted by molar-refractivity contribution is 0.306. The Kier molecular flexibility index (Phi) is 6.01. The van der Waals surface area contributed by atoms with Crippen LogP contribution in [-0.2, 0) is 6.61 Å². The molecule has 6 heteroatoms. The molecular formula is C22H19N5O. The van der Waals surface area contributed by atoms with Crippen molar-refractivity contribution in [1.29, 1.82) is 10.7 Å². The molecule has 0 fully saturated rings. The summed E-state index contributed by atoms with van der Waals surface area (Å²) in [4.78, 5) is 0. The highest BCUT2D eigenvalue weighted by Gasteiger charge is 2.04. The van der Waals surface area contributed by atoms with Crippen LogP contribution in [-0.4, -0.2) is 11.5 Å². The summed E-state index contributed by atoms with van der Waals surface area (Å²) in [6.07, 6.45) is 0. The number of rotatable bonds is 7. The van der Waals surface area contributed by atoms with Crippen molar-refractivity contribution in [3.05, 3.63) is 84.4 Å². The van der Waals surface area contributed by atoms with E-state index in [1.54, 1.807) is 6.07 Å². The first-order chi connectivity index (χ1) is 13.7. The second-order valence-electron chi connectivity index (χ2n) is 5.98.